The van der Waals surface area contributed by atoms with Gasteiger partial charge in [0.15, 0.2) is 5.96 Å². The Morgan fingerprint density at radius 3 is 2.73 bits per heavy atom. The van der Waals surface area contributed by atoms with Crippen LogP contribution in [-0.2, 0) is 13.6 Å². The molecule has 0 saturated heterocycles. The molecule has 140 valence electrons. The standard InChI is InChI=1S/C19H25N5S.HI/c1-4-20-19(21-12-14(2)17-10-7-11-25-17)22-13-18-23-15-8-5-6-9-16(15)24(18)3;/h5-11,14H,4,12-13H2,1-3H3,(H2,20,21,22);1H. The molecule has 7 heteroatoms. The van der Waals surface area contributed by atoms with Crippen molar-refractivity contribution in [3.05, 3.63) is 52.5 Å². The summed E-state index contributed by atoms with van der Waals surface area (Å²) in [7, 11) is 2.04. The first-order valence-electron chi connectivity index (χ1n) is 8.65. The number of halogens is 1. The molecule has 2 N–H and O–H groups in total. The van der Waals surface area contributed by atoms with Gasteiger partial charge in [-0.15, -0.1) is 35.3 Å². The van der Waals surface area contributed by atoms with Crippen molar-refractivity contribution in [3.8, 4) is 0 Å². The maximum atomic E-state index is 4.71. The van der Waals surface area contributed by atoms with E-state index in [0.29, 0.717) is 12.5 Å². The Morgan fingerprint density at radius 2 is 2.04 bits per heavy atom. The van der Waals surface area contributed by atoms with Crippen LogP contribution in [0.3, 0.4) is 0 Å². The van der Waals surface area contributed by atoms with Crippen LogP contribution in [0.2, 0.25) is 0 Å². The third-order valence-electron chi connectivity index (χ3n) is 4.21. The largest absolute Gasteiger partial charge is 0.357 e. The molecule has 0 saturated carbocycles. The monoisotopic (exact) mass is 483 g/mol. The Hall–Kier alpha value is -1.61. The zero-order valence-electron chi connectivity index (χ0n) is 15.4. The summed E-state index contributed by atoms with van der Waals surface area (Å²) in [4.78, 5) is 10.8. The number of benzene rings is 1. The molecule has 1 aromatic carbocycles. The van der Waals surface area contributed by atoms with E-state index in [1.54, 1.807) is 11.3 Å². The summed E-state index contributed by atoms with van der Waals surface area (Å²) in [6.07, 6.45) is 0. The Balaban J connectivity index is 0.00000243. The molecule has 0 amide bonds. The predicted molar refractivity (Wildman–Crippen MR) is 122 cm³/mol. The number of hydrogen-bond donors (Lipinski definition) is 2. The van der Waals surface area contributed by atoms with E-state index in [1.807, 2.05) is 25.2 Å². The molecule has 1 unspecified atom stereocenters. The molecule has 2 aromatic heterocycles. The van der Waals surface area contributed by atoms with Gasteiger partial charge in [0.25, 0.3) is 0 Å². The summed E-state index contributed by atoms with van der Waals surface area (Å²) >= 11 is 1.80. The van der Waals surface area contributed by atoms with E-state index < -0.39 is 0 Å². The van der Waals surface area contributed by atoms with Gasteiger partial charge >= 0.3 is 0 Å². The van der Waals surface area contributed by atoms with Crippen LogP contribution in [0.25, 0.3) is 11.0 Å². The molecule has 3 aromatic rings. The first kappa shape index (κ1) is 20.7. The van der Waals surface area contributed by atoms with Gasteiger partial charge in [0.1, 0.15) is 12.4 Å². The van der Waals surface area contributed by atoms with Crippen LogP contribution in [0.5, 0.6) is 0 Å². The van der Waals surface area contributed by atoms with Gasteiger partial charge in [-0.3, -0.25) is 0 Å². The zero-order valence-corrected chi connectivity index (χ0v) is 18.5. The lowest BCUT2D eigenvalue weighted by atomic mass is 10.1. The molecule has 0 aliphatic carbocycles. The first-order chi connectivity index (χ1) is 12.2. The summed E-state index contributed by atoms with van der Waals surface area (Å²) in [6.45, 7) is 6.55. The molecule has 3 rings (SSSR count). The minimum Gasteiger partial charge on any atom is -0.357 e. The Kier molecular flexibility index (Phi) is 7.89. The van der Waals surface area contributed by atoms with Crippen LogP contribution >= 0.6 is 35.3 Å². The number of nitrogens with one attached hydrogen (secondary N) is 2. The molecule has 5 nitrogen and oxygen atoms in total. The Labute approximate surface area is 176 Å². The molecule has 0 aliphatic heterocycles. The molecule has 1 atom stereocenters. The lowest BCUT2D eigenvalue weighted by Crippen LogP contribution is -2.39. The summed E-state index contributed by atoms with van der Waals surface area (Å²) in [5.74, 6) is 2.25. The topological polar surface area (TPSA) is 54.2 Å². The molecular weight excluding hydrogens is 457 g/mol. The summed E-state index contributed by atoms with van der Waals surface area (Å²) in [5.41, 5.74) is 2.15. The van der Waals surface area contributed by atoms with Crippen molar-refractivity contribution in [2.75, 3.05) is 13.1 Å². The Morgan fingerprint density at radius 1 is 1.23 bits per heavy atom. The number of fused-ring (bicyclic) bond motifs is 1. The lowest BCUT2D eigenvalue weighted by molar-refractivity contribution is 0.705. The molecule has 0 radical (unpaired) electrons. The highest BCUT2D eigenvalue weighted by Crippen LogP contribution is 2.19. The fourth-order valence-corrected chi connectivity index (χ4v) is 3.54. The highest BCUT2D eigenvalue weighted by atomic mass is 127. The highest BCUT2D eigenvalue weighted by molar-refractivity contribution is 14.0. The summed E-state index contributed by atoms with van der Waals surface area (Å²) < 4.78 is 2.11. The van der Waals surface area contributed by atoms with Crippen LogP contribution in [0.15, 0.2) is 46.8 Å². The van der Waals surface area contributed by atoms with Crippen molar-refractivity contribution in [2.45, 2.75) is 26.3 Å². The summed E-state index contributed by atoms with van der Waals surface area (Å²) in [6, 6.07) is 12.5. The molecular formula is C19H26IN5S. The zero-order chi connectivity index (χ0) is 17.6. The quantitative estimate of drug-likeness (QED) is 0.315. The number of thiophene rings is 1. The van der Waals surface area contributed by atoms with Crippen LogP contribution in [0.4, 0.5) is 0 Å². The van der Waals surface area contributed by atoms with E-state index in [-0.39, 0.29) is 24.0 Å². The van der Waals surface area contributed by atoms with Gasteiger partial charge < -0.3 is 15.2 Å². The van der Waals surface area contributed by atoms with Crippen LogP contribution < -0.4 is 10.6 Å². The number of para-hydroxylation sites is 2. The molecule has 0 fully saturated rings. The van der Waals surface area contributed by atoms with Crippen molar-refractivity contribution < 1.29 is 0 Å². The number of aryl methyl sites for hydroxylation is 1. The van der Waals surface area contributed by atoms with E-state index in [0.717, 1.165) is 35.9 Å². The van der Waals surface area contributed by atoms with E-state index >= 15 is 0 Å². The predicted octanol–water partition coefficient (Wildman–Crippen LogP) is 4.11. The van der Waals surface area contributed by atoms with Gasteiger partial charge in [-0.1, -0.05) is 25.1 Å². The smallest absolute Gasteiger partial charge is 0.191 e. The van der Waals surface area contributed by atoms with Crippen LogP contribution in [0.1, 0.15) is 30.5 Å². The average Bonchev–Trinajstić information content (AvgIpc) is 3.26. The number of imidazole rings is 1. The normalized spacial score (nSPS) is 12.7. The number of aromatic nitrogens is 2. The maximum Gasteiger partial charge on any atom is 0.191 e. The van der Waals surface area contributed by atoms with Crippen molar-refractivity contribution in [1.29, 1.82) is 0 Å². The highest BCUT2D eigenvalue weighted by Gasteiger charge is 2.09. The number of guanidine groups is 1. The van der Waals surface area contributed by atoms with Crippen molar-refractivity contribution in [1.82, 2.24) is 20.2 Å². The Bertz CT molecular complexity index is 841. The van der Waals surface area contributed by atoms with Gasteiger partial charge in [-0.2, -0.15) is 0 Å². The first-order valence-corrected chi connectivity index (χ1v) is 9.53. The average molecular weight is 483 g/mol. The third-order valence-corrected chi connectivity index (χ3v) is 5.31. The van der Waals surface area contributed by atoms with E-state index in [4.69, 9.17) is 4.99 Å². The molecule has 0 aliphatic rings. The minimum atomic E-state index is 0. The second-order valence-electron chi connectivity index (χ2n) is 6.07. The van der Waals surface area contributed by atoms with Crippen molar-refractivity contribution in [2.24, 2.45) is 12.0 Å². The molecule has 2 heterocycles. The van der Waals surface area contributed by atoms with Crippen molar-refractivity contribution >= 4 is 52.3 Å². The minimum absolute atomic E-state index is 0. The second-order valence-corrected chi connectivity index (χ2v) is 7.05. The van der Waals surface area contributed by atoms with E-state index in [1.165, 1.54) is 4.88 Å². The fraction of sp³-hybridized carbons (Fsp3) is 0.368. The van der Waals surface area contributed by atoms with Crippen LogP contribution in [-0.4, -0.2) is 28.6 Å². The number of aliphatic imine (C=N–C) groups is 1. The van der Waals surface area contributed by atoms with Crippen LogP contribution in [0, 0.1) is 0 Å². The number of nitrogens with zero attached hydrogens (tertiary/aromatic N) is 3. The summed E-state index contributed by atoms with van der Waals surface area (Å²) in [5, 5.41) is 8.87. The van der Waals surface area contributed by atoms with Gasteiger partial charge in [-0.25, -0.2) is 9.98 Å². The lowest BCUT2D eigenvalue weighted by Gasteiger charge is -2.15. The molecule has 26 heavy (non-hydrogen) atoms. The van der Waals surface area contributed by atoms with Gasteiger partial charge in [0, 0.05) is 30.9 Å². The van der Waals surface area contributed by atoms with Gasteiger partial charge in [0.05, 0.1) is 11.0 Å². The number of rotatable bonds is 6. The second kappa shape index (κ2) is 9.91. The van der Waals surface area contributed by atoms with Gasteiger partial charge in [0.2, 0.25) is 0 Å². The van der Waals surface area contributed by atoms with Crippen molar-refractivity contribution in [3.63, 3.8) is 0 Å². The van der Waals surface area contributed by atoms with Gasteiger partial charge in [-0.05, 0) is 30.5 Å². The maximum absolute atomic E-state index is 4.71. The van der Waals surface area contributed by atoms with E-state index in [9.17, 15) is 0 Å². The SMILES string of the molecule is CCNC(=NCc1nc2ccccc2n1C)NCC(C)c1cccs1.I. The molecule has 0 spiro atoms. The van der Waals surface area contributed by atoms with E-state index in [2.05, 4.69) is 57.6 Å². The fourth-order valence-electron chi connectivity index (χ4n) is 2.75. The molecule has 0 bridgehead atoms. The number of hydrogen-bond acceptors (Lipinski definition) is 3. The third kappa shape index (κ3) is 4.97.